The van der Waals surface area contributed by atoms with Crippen molar-refractivity contribution in [2.75, 3.05) is 0 Å². The molecule has 1 atom stereocenters. The number of nitrogens with one attached hydrogen (secondary N) is 1. The highest BCUT2D eigenvalue weighted by atomic mass is 16.3. The minimum absolute atomic E-state index is 0.177. The van der Waals surface area contributed by atoms with Gasteiger partial charge in [0.2, 0.25) is 0 Å². The molecule has 22 heavy (non-hydrogen) atoms. The lowest BCUT2D eigenvalue weighted by molar-refractivity contribution is 0.474. The molecule has 0 amide bonds. The normalized spacial score (nSPS) is 17.5. The Bertz CT molecular complexity index is 702. The number of aromatic hydroxyl groups is 1. The second-order valence-corrected chi connectivity index (χ2v) is 6.29. The minimum atomic E-state index is 0.177. The molecule has 2 aromatic rings. The Morgan fingerprint density at radius 3 is 2.55 bits per heavy atom. The molecular formula is C19H22N2O. The highest BCUT2D eigenvalue weighted by Crippen LogP contribution is 2.29. The maximum Gasteiger partial charge on any atom is 0.124 e. The zero-order valence-corrected chi connectivity index (χ0v) is 13.3. The zero-order valence-electron chi connectivity index (χ0n) is 13.3. The molecular weight excluding hydrogens is 272 g/mol. The van der Waals surface area contributed by atoms with E-state index in [1.807, 2.05) is 19.1 Å². The van der Waals surface area contributed by atoms with Crippen LogP contribution in [-0.4, -0.2) is 10.8 Å². The molecule has 2 N–H and O–H groups in total. The largest absolute Gasteiger partial charge is 0.507 e. The first-order valence-electron chi connectivity index (χ1n) is 7.76. The van der Waals surface area contributed by atoms with Crippen LogP contribution in [0, 0.1) is 6.92 Å². The third kappa shape index (κ3) is 2.84. The van der Waals surface area contributed by atoms with Crippen LogP contribution in [0.4, 0.5) is 0 Å². The number of benzene rings is 2. The molecule has 0 aliphatic carbocycles. The van der Waals surface area contributed by atoms with E-state index >= 15 is 0 Å². The number of phenolic OH excluding ortho intramolecular Hbond substituents is 1. The molecule has 0 unspecified atom stereocenters. The second-order valence-electron chi connectivity index (χ2n) is 6.29. The van der Waals surface area contributed by atoms with Gasteiger partial charge in [-0.3, -0.25) is 0 Å². The number of phenols is 1. The zero-order chi connectivity index (χ0) is 15.7. The summed E-state index contributed by atoms with van der Waals surface area (Å²) < 4.78 is 0. The monoisotopic (exact) mass is 294 g/mol. The average Bonchev–Trinajstić information content (AvgIpc) is 2.99. The Morgan fingerprint density at radius 2 is 1.86 bits per heavy atom. The van der Waals surface area contributed by atoms with Crippen molar-refractivity contribution in [2.45, 2.75) is 39.2 Å². The second kappa shape index (κ2) is 5.84. The molecule has 0 fully saturated rings. The molecule has 114 valence electrons. The van der Waals surface area contributed by atoms with E-state index in [4.69, 9.17) is 0 Å². The standard InChI is InChI=1S/C19H22N2O/c1-12(2)14-5-7-15(8-6-14)17-11-18(21-20-17)16-10-13(3)4-9-19(16)22/h4-10,12,17,20,22H,11H2,1-3H3/t17-/m1/s1. The molecule has 0 spiro atoms. The number of hydrogen-bond acceptors (Lipinski definition) is 3. The maximum absolute atomic E-state index is 10.0. The average molecular weight is 294 g/mol. The van der Waals surface area contributed by atoms with Crippen LogP contribution in [0.25, 0.3) is 0 Å². The Balaban J connectivity index is 1.77. The van der Waals surface area contributed by atoms with Gasteiger partial charge in [0.1, 0.15) is 5.75 Å². The molecule has 1 heterocycles. The fourth-order valence-corrected chi connectivity index (χ4v) is 2.80. The van der Waals surface area contributed by atoms with E-state index in [1.165, 1.54) is 11.1 Å². The van der Waals surface area contributed by atoms with Crippen molar-refractivity contribution in [1.82, 2.24) is 5.43 Å². The fraction of sp³-hybridized carbons (Fsp3) is 0.316. The van der Waals surface area contributed by atoms with Crippen molar-refractivity contribution in [2.24, 2.45) is 5.10 Å². The van der Waals surface area contributed by atoms with Crippen LogP contribution in [0.15, 0.2) is 47.6 Å². The number of rotatable bonds is 3. The fourth-order valence-electron chi connectivity index (χ4n) is 2.80. The van der Waals surface area contributed by atoms with Crippen molar-refractivity contribution in [1.29, 1.82) is 0 Å². The molecule has 0 bridgehead atoms. The first-order valence-corrected chi connectivity index (χ1v) is 7.76. The van der Waals surface area contributed by atoms with Gasteiger partial charge in [-0.2, -0.15) is 5.10 Å². The lowest BCUT2D eigenvalue weighted by atomic mass is 9.95. The van der Waals surface area contributed by atoms with Gasteiger partial charge in [0.25, 0.3) is 0 Å². The maximum atomic E-state index is 10.0. The Kier molecular flexibility index (Phi) is 3.88. The lowest BCUT2D eigenvalue weighted by Crippen LogP contribution is -2.10. The van der Waals surface area contributed by atoms with Gasteiger partial charge in [0, 0.05) is 12.0 Å². The highest BCUT2D eigenvalue weighted by Gasteiger charge is 2.23. The summed E-state index contributed by atoms with van der Waals surface area (Å²) in [6.45, 7) is 6.42. The van der Waals surface area contributed by atoms with E-state index < -0.39 is 0 Å². The predicted octanol–water partition coefficient (Wildman–Crippen LogP) is 4.26. The van der Waals surface area contributed by atoms with Crippen molar-refractivity contribution in [3.8, 4) is 5.75 Å². The summed E-state index contributed by atoms with van der Waals surface area (Å²) in [6, 6.07) is 14.5. The third-order valence-electron chi connectivity index (χ3n) is 4.22. The van der Waals surface area contributed by atoms with Gasteiger partial charge in [0.15, 0.2) is 0 Å². The quantitative estimate of drug-likeness (QED) is 0.888. The van der Waals surface area contributed by atoms with Crippen LogP contribution in [0.5, 0.6) is 5.75 Å². The van der Waals surface area contributed by atoms with Crippen LogP contribution < -0.4 is 5.43 Å². The van der Waals surface area contributed by atoms with Crippen LogP contribution in [0.1, 0.15) is 54.5 Å². The third-order valence-corrected chi connectivity index (χ3v) is 4.22. The van der Waals surface area contributed by atoms with E-state index in [0.29, 0.717) is 11.7 Å². The van der Waals surface area contributed by atoms with E-state index in [1.54, 1.807) is 6.07 Å². The number of nitrogens with zero attached hydrogens (tertiary/aromatic N) is 1. The summed E-state index contributed by atoms with van der Waals surface area (Å²) in [4.78, 5) is 0. The molecule has 3 heteroatoms. The van der Waals surface area contributed by atoms with Gasteiger partial charge in [-0.15, -0.1) is 0 Å². The predicted molar refractivity (Wildman–Crippen MR) is 90.4 cm³/mol. The molecule has 3 nitrogen and oxygen atoms in total. The summed E-state index contributed by atoms with van der Waals surface area (Å²) in [7, 11) is 0. The van der Waals surface area contributed by atoms with Gasteiger partial charge >= 0.3 is 0 Å². The van der Waals surface area contributed by atoms with E-state index in [-0.39, 0.29) is 6.04 Å². The number of hydrazone groups is 1. The molecule has 2 aromatic carbocycles. The van der Waals surface area contributed by atoms with Crippen molar-refractivity contribution < 1.29 is 5.11 Å². The van der Waals surface area contributed by atoms with Crippen LogP contribution in [-0.2, 0) is 0 Å². The highest BCUT2D eigenvalue weighted by molar-refractivity contribution is 6.04. The molecule has 1 aliphatic rings. The van der Waals surface area contributed by atoms with Gasteiger partial charge < -0.3 is 10.5 Å². The minimum Gasteiger partial charge on any atom is -0.507 e. The number of hydrogen-bond donors (Lipinski definition) is 2. The Labute approximate surface area is 131 Å². The molecule has 0 saturated heterocycles. The summed E-state index contributed by atoms with van der Waals surface area (Å²) in [5.41, 5.74) is 8.64. The molecule has 3 rings (SSSR count). The van der Waals surface area contributed by atoms with Gasteiger partial charge in [-0.05, 0) is 36.1 Å². The number of aryl methyl sites for hydroxylation is 1. The first kappa shape index (κ1) is 14.6. The lowest BCUT2D eigenvalue weighted by Gasteiger charge is -2.12. The summed E-state index contributed by atoms with van der Waals surface area (Å²) >= 11 is 0. The first-order chi connectivity index (χ1) is 10.5. The molecule has 1 aliphatic heterocycles. The van der Waals surface area contributed by atoms with Gasteiger partial charge in [-0.1, -0.05) is 49.7 Å². The summed E-state index contributed by atoms with van der Waals surface area (Å²) in [5, 5.41) is 14.5. The SMILES string of the molecule is Cc1ccc(O)c(C2=NN[C@@H](c3ccc(C(C)C)cc3)C2)c1. The van der Waals surface area contributed by atoms with Crippen LogP contribution in [0.3, 0.4) is 0 Å². The van der Waals surface area contributed by atoms with Crippen molar-refractivity contribution >= 4 is 5.71 Å². The molecule has 0 saturated carbocycles. The summed E-state index contributed by atoms with van der Waals surface area (Å²) in [5.74, 6) is 0.837. The van der Waals surface area contributed by atoms with Crippen LogP contribution >= 0.6 is 0 Å². The van der Waals surface area contributed by atoms with Gasteiger partial charge in [-0.25, -0.2) is 0 Å². The van der Waals surface area contributed by atoms with Gasteiger partial charge in [0.05, 0.1) is 11.8 Å². The molecule has 0 aromatic heterocycles. The summed E-state index contributed by atoms with van der Waals surface area (Å²) in [6.07, 6.45) is 0.790. The van der Waals surface area contributed by atoms with E-state index in [2.05, 4.69) is 48.6 Å². The Morgan fingerprint density at radius 1 is 1.14 bits per heavy atom. The van der Waals surface area contributed by atoms with E-state index in [0.717, 1.165) is 23.3 Å². The van der Waals surface area contributed by atoms with Crippen molar-refractivity contribution in [3.63, 3.8) is 0 Å². The Hall–Kier alpha value is -2.29. The molecule has 0 radical (unpaired) electrons. The van der Waals surface area contributed by atoms with Crippen LogP contribution in [0.2, 0.25) is 0 Å². The topological polar surface area (TPSA) is 44.6 Å². The van der Waals surface area contributed by atoms with E-state index in [9.17, 15) is 5.11 Å². The van der Waals surface area contributed by atoms with Crippen molar-refractivity contribution in [3.05, 3.63) is 64.7 Å². The smallest absolute Gasteiger partial charge is 0.124 e.